The lowest BCUT2D eigenvalue weighted by molar-refractivity contribution is -0.139. The van der Waals surface area contributed by atoms with Gasteiger partial charge in [0.05, 0.1) is 67.6 Å². The molecule has 3 aromatic rings. The molecule has 28 heteroatoms. The van der Waals surface area contributed by atoms with E-state index in [0.717, 1.165) is 15.4 Å². The van der Waals surface area contributed by atoms with Crippen LogP contribution in [0.15, 0.2) is 72.8 Å². The lowest BCUT2D eigenvalue weighted by Crippen LogP contribution is -2.51. The van der Waals surface area contributed by atoms with E-state index in [4.69, 9.17) is 29.4 Å². The maximum atomic E-state index is 14.4. The number of nitrogens with two attached hydrogens (primary N) is 1. The van der Waals surface area contributed by atoms with Gasteiger partial charge >= 0.3 is 18.2 Å². The first-order valence-electron chi connectivity index (χ1n) is 33.9. The minimum absolute atomic E-state index is 0.0115. The Labute approximate surface area is 585 Å². The maximum absolute atomic E-state index is 14.4. The molecule has 5 aliphatic rings. The average Bonchev–Trinajstić information content (AvgIpc) is 1.64. The number of benzene rings is 3. The summed E-state index contributed by atoms with van der Waals surface area (Å²) in [7, 11) is 4.64. The van der Waals surface area contributed by atoms with Crippen molar-refractivity contribution < 1.29 is 86.9 Å². The predicted molar refractivity (Wildman–Crippen MR) is 372 cm³/mol. The monoisotopic (exact) mass is 1410 g/mol. The number of fused-ring (bicyclic) bond motifs is 4. The zero-order chi connectivity index (χ0) is 71.8. The van der Waals surface area contributed by atoms with E-state index < -0.39 is 79.0 Å². The molecule has 5 heterocycles. The molecule has 0 aromatic heterocycles. The van der Waals surface area contributed by atoms with Gasteiger partial charge in [-0.25, -0.2) is 24.2 Å². The summed E-state index contributed by atoms with van der Waals surface area (Å²) in [6.45, 7) is 17.9. The third kappa shape index (κ3) is 19.6. The molecule has 0 bridgehead atoms. The number of likely N-dealkylation sites (tertiary alicyclic amines) is 1. The van der Waals surface area contributed by atoms with E-state index in [1.165, 1.54) is 46.1 Å². The van der Waals surface area contributed by atoms with Crippen molar-refractivity contribution >= 4 is 92.3 Å². The lowest BCUT2D eigenvalue weighted by atomic mass is 9.88. The first-order valence-corrected chi connectivity index (χ1v) is 36.3. The molecule has 3 fully saturated rings. The van der Waals surface area contributed by atoms with Gasteiger partial charge in [0, 0.05) is 92.4 Å². The second kappa shape index (κ2) is 35.7. The van der Waals surface area contributed by atoms with Crippen molar-refractivity contribution in [3.05, 3.63) is 101 Å². The molecule has 0 aliphatic carbocycles. The summed E-state index contributed by atoms with van der Waals surface area (Å²) in [4.78, 5) is 140. The second-order valence-corrected chi connectivity index (χ2v) is 29.4. The molecule has 3 aromatic carbocycles. The van der Waals surface area contributed by atoms with Gasteiger partial charge in [0.1, 0.15) is 24.7 Å². The van der Waals surface area contributed by atoms with Crippen molar-refractivity contribution in [2.45, 2.75) is 174 Å². The van der Waals surface area contributed by atoms with Crippen molar-refractivity contribution in [2.24, 2.45) is 23.5 Å². The van der Waals surface area contributed by atoms with E-state index in [0.29, 0.717) is 79.2 Å². The number of ether oxygens (including phenoxy) is 5. The number of aliphatic hydroxyl groups excluding tert-OH is 3. The van der Waals surface area contributed by atoms with Crippen LogP contribution in [-0.4, -0.2) is 184 Å². The summed E-state index contributed by atoms with van der Waals surface area (Å²) in [6, 6.07) is 9.12. The largest absolute Gasteiger partial charge is 0.493 e. The van der Waals surface area contributed by atoms with Crippen molar-refractivity contribution in [1.29, 1.82) is 0 Å². The molecule has 7 N–H and O–H groups in total. The van der Waals surface area contributed by atoms with E-state index >= 15 is 0 Å². The van der Waals surface area contributed by atoms with Crippen LogP contribution >= 0.6 is 21.6 Å². The molecule has 0 radical (unpaired) electrons. The van der Waals surface area contributed by atoms with Crippen molar-refractivity contribution in [3.63, 3.8) is 0 Å². The predicted octanol–water partition coefficient (Wildman–Crippen LogP) is 8.13. The van der Waals surface area contributed by atoms with Crippen LogP contribution in [0.4, 0.5) is 25.8 Å². The van der Waals surface area contributed by atoms with Crippen LogP contribution < -0.4 is 40.4 Å². The van der Waals surface area contributed by atoms with Gasteiger partial charge in [0.2, 0.25) is 17.7 Å². The van der Waals surface area contributed by atoms with Crippen molar-refractivity contribution in [1.82, 2.24) is 25.3 Å². The molecule has 99 heavy (non-hydrogen) atoms. The van der Waals surface area contributed by atoms with Gasteiger partial charge in [-0.05, 0) is 87.0 Å². The molecule has 3 unspecified atom stereocenters. The van der Waals surface area contributed by atoms with Crippen LogP contribution in [0.5, 0.6) is 17.2 Å². The number of carbonyl (C=O) groups excluding carboxylic acids is 10. The third-order valence-corrected chi connectivity index (χ3v) is 21.0. The number of nitrogens with one attached hydrogen (secondary N) is 2. The Kier molecular flexibility index (Phi) is 27.6. The van der Waals surface area contributed by atoms with Crippen LogP contribution in [0.25, 0.3) is 0 Å². The van der Waals surface area contributed by atoms with Gasteiger partial charge in [0.15, 0.2) is 29.7 Å². The van der Waals surface area contributed by atoms with E-state index in [1.54, 1.807) is 52.8 Å². The summed E-state index contributed by atoms with van der Waals surface area (Å²) < 4.78 is 29.7. The summed E-state index contributed by atoms with van der Waals surface area (Å²) in [6.07, 6.45) is -0.476. The molecule has 9 amide bonds. The fraction of sp³-hybridized carbons (Fsp3) is 0.549. The number of imide groups is 1. The third-order valence-electron chi connectivity index (χ3n) is 18.1. The number of rotatable bonds is 35. The molecule has 7 atom stereocenters. The zero-order valence-electron chi connectivity index (χ0n) is 57.3. The Bertz CT molecular complexity index is 3500. The summed E-state index contributed by atoms with van der Waals surface area (Å²) in [5.74, 6) is -2.42. The number of Topliss-reactive ketones (excluding diaryl/α,β-unsaturated/α-hetero) is 2. The minimum atomic E-state index is -1.60. The number of unbranched alkanes of at least 4 members (excludes halogenated alkanes) is 4. The highest BCUT2D eigenvalue weighted by molar-refractivity contribution is 8.76. The Morgan fingerprint density at radius 2 is 1.30 bits per heavy atom. The van der Waals surface area contributed by atoms with Gasteiger partial charge in [-0.3, -0.25) is 38.5 Å². The first kappa shape index (κ1) is 76.6. The van der Waals surface area contributed by atoms with Gasteiger partial charge in [0.25, 0.3) is 11.8 Å². The Morgan fingerprint density at radius 3 is 1.88 bits per heavy atom. The fourth-order valence-corrected chi connectivity index (χ4v) is 14.6. The number of urea groups is 1. The summed E-state index contributed by atoms with van der Waals surface area (Å²) in [5.41, 5.74) is 8.22. The summed E-state index contributed by atoms with van der Waals surface area (Å²) in [5, 5.41) is 40.2. The van der Waals surface area contributed by atoms with E-state index in [-0.39, 0.29) is 172 Å². The minimum Gasteiger partial charge on any atom is -0.493 e. The number of amides is 9. The second-order valence-electron chi connectivity index (χ2n) is 26.4. The Balaban J connectivity index is 0.878. The van der Waals surface area contributed by atoms with Gasteiger partial charge in [-0.15, -0.1) is 0 Å². The maximum Gasteiger partial charge on any atom is 0.416 e. The van der Waals surface area contributed by atoms with Gasteiger partial charge in [-0.2, -0.15) is 0 Å². The highest BCUT2D eigenvalue weighted by Gasteiger charge is 2.48. The van der Waals surface area contributed by atoms with Crippen LogP contribution in [0.2, 0.25) is 0 Å². The topological polar surface area (TPSA) is 344 Å². The molecule has 0 saturated carbocycles. The Morgan fingerprint density at radius 1 is 0.717 bits per heavy atom. The van der Waals surface area contributed by atoms with Gasteiger partial charge in [-0.1, -0.05) is 111 Å². The number of primary amides is 1. The smallest absolute Gasteiger partial charge is 0.416 e. The highest BCUT2D eigenvalue weighted by Crippen LogP contribution is 2.43. The number of ketones is 2. The van der Waals surface area contributed by atoms with E-state index in [1.807, 2.05) is 13.8 Å². The van der Waals surface area contributed by atoms with Crippen molar-refractivity contribution in [3.8, 4) is 17.2 Å². The molecule has 3 saturated heterocycles. The number of nitrogens with zero attached hydrogens (tertiary/aromatic N) is 5. The SMILES string of the molecule is C=C1C[C@H]2C(O)N(C(=O)OCCSSC(C)C)c3cc(OCCCCCOc4cc5c(cc4CO)C(=O)N4CC(=C)C[C@H]4C(O)N5C(=O)OCc4ccc(CC(=O)[C@H](CCCNC(N)=O)NC(=O)[C@@H](CC(=O)CCCCCN5C(=O)CC(C)C5=O)C(C)C)cc4)c(OC)cc3C(=O)N2C1. The zero-order valence-corrected chi connectivity index (χ0v) is 58.9. The number of carbonyl (C=O) groups is 10. The van der Waals surface area contributed by atoms with Gasteiger partial charge < -0.3 is 65.2 Å². The molecule has 0 spiro atoms. The van der Waals surface area contributed by atoms with Crippen molar-refractivity contribution in [2.75, 3.05) is 68.7 Å². The Hall–Kier alpha value is -8.18. The summed E-state index contributed by atoms with van der Waals surface area (Å²) >= 11 is 0. The average molecular weight is 1410 g/mol. The number of methoxy groups -OCH3 is 1. The van der Waals surface area contributed by atoms with E-state index in [9.17, 15) is 63.3 Å². The van der Waals surface area contributed by atoms with Crippen LogP contribution in [0, 0.1) is 17.8 Å². The molecular formula is C71H94N8O18S2. The number of anilines is 2. The number of aliphatic hydroxyl groups is 3. The molecular weight excluding hydrogens is 1320 g/mol. The van der Waals surface area contributed by atoms with Crippen LogP contribution in [-0.2, 0) is 53.1 Å². The first-order chi connectivity index (χ1) is 47.3. The van der Waals surface area contributed by atoms with Crippen LogP contribution in [0.3, 0.4) is 0 Å². The highest BCUT2D eigenvalue weighted by atomic mass is 33.1. The number of hydrogen-bond donors (Lipinski definition) is 6. The van der Waals surface area contributed by atoms with Crippen LogP contribution in [0.1, 0.15) is 155 Å². The molecule has 538 valence electrons. The fourth-order valence-electron chi connectivity index (χ4n) is 12.8. The standard InChI is InChI=1S/C71H94N8O18S2/c1-41(2)50(33-49(81)16-11-9-12-23-75-62(83)30-45(7)64(75)85)63(84)74-53(17-15-22-73-69(72)90)58(82)31-46-18-20-47(21-19-46)40-97-71(92)79-54-35-59(48(39-80)32-51(54)65(86)76-37-43(5)29-57(76)68(79)89)94-24-13-10-14-25-95-61-36-55-52(34-60(61)93-8)66(87)77-38-44(6)28-56(77)67(88)78(55)70(91)96-26-27-98-99-42(3)4/h18-21,32,34-36,41-42,45,50,53,56-57,67-68,80,88-89H,5-6,9-17,22-31,33,37-40H2,1-4,7-8H3,(H,74,84)(H3,72,73,90)/t45?,50-,53-,56-,57-,67?,68?/m0/s1. The normalized spacial score (nSPS) is 19.5. The van der Waals surface area contributed by atoms with E-state index in [2.05, 4.69) is 37.6 Å². The molecule has 8 rings (SSSR count). The molecule has 5 aliphatic heterocycles. The molecule has 26 nitrogen and oxygen atoms in total. The quantitative estimate of drug-likeness (QED) is 0.0140. The number of hydrogen-bond acceptors (Lipinski definition) is 20. The lowest BCUT2D eigenvalue weighted by Gasteiger charge is -2.31.